The van der Waals surface area contributed by atoms with Crippen molar-refractivity contribution in [2.75, 3.05) is 56.4 Å². The van der Waals surface area contributed by atoms with Crippen LogP contribution in [-0.2, 0) is 4.74 Å². The summed E-state index contributed by atoms with van der Waals surface area (Å²) in [6.07, 6.45) is 2.18. The zero-order chi connectivity index (χ0) is 13.8. The number of hydrogen-bond acceptors (Lipinski definition) is 7. The van der Waals surface area contributed by atoms with Gasteiger partial charge in [-0.1, -0.05) is 0 Å². The lowest BCUT2D eigenvalue weighted by atomic mass is 10.0. The molecule has 0 spiro atoms. The monoisotopic (exact) mass is 266 g/mol. The van der Waals surface area contributed by atoms with Crippen LogP contribution in [0.25, 0.3) is 0 Å². The highest BCUT2D eigenvalue weighted by atomic mass is 16.5. The van der Waals surface area contributed by atoms with Crippen LogP contribution in [0.2, 0.25) is 0 Å². The Bertz CT molecular complexity index is 419. The molecule has 7 nitrogen and oxygen atoms in total. The van der Waals surface area contributed by atoms with Crippen molar-refractivity contribution in [2.45, 2.75) is 12.8 Å². The maximum absolute atomic E-state index is 5.73. The van der Waals surface area contributed by atoms with Crippen molar-refractivity contribution < 1.29 is 4.74 Å². The Morgan fingerprint density at radius 1 is 1.11 bits per heavy atom. The van der Waals surface area contributed by atoms with E-state index in [2.05, 4.69) is 15.0 Å². The summed E-state index contributed by atoms with van der Waals surface area (Å²) in [5.74, 6) is 2.09. The fourth-order valence-corrected chi connectivity index (χ4v) is 2.14. The van der Waals surface area contributed by atoms with Gasteiger partial charge in [0, 0.05) is 40.9 Å². The minimum Gasteiger partial charge on any atom is -0.381 e. The molecular formula is C12H22N6O. The molecule has 1 aromatic heterocycles. The van der Waals surface area contributed by atoms with Gasteiger partial charge in [0.15, 0.2) is 0 Å². The van der Waals surface area contributed by atoms with Crippen LogP contribution < -0.4 is 15.5 Å². The standard InChI is InChI=1S/C12H22N6O/c1-17(2)11-14-10(13)15-12(16-11)18(3)8-9-4-6-19-7-5-9/h9H,4-8H2,1-3H3,(H2,13,14,15,16). The Kier molecular flexibility index (Phi) is 4.36. The summed E-state index contributed by atoms with van der Waals surface area (Å²) in [6.45, 7) is 2.61. The SMILES string of the molecule is CN(C)c1nc(N)nc(N(C)CC2CCOCC2)n1. The molecule has 2 heterocycles. The first-order valence-electron chi connectivity index (χ1n) is 6.54. The number of anilines is 3. The van der Waals surface area contributed by atoms with E-state index in [0.717, 1.165) is 32.6 Å². The molecule has 0 aliphatic carbocycles. The number of nitrogens with zero attached hydrogens (tertiary/aromatic N) is 5. The van der Waals surface area contributed by atoms with Gasteiger partial charge in [0.25, 0.3) is 0 Å². The van der Waals surface area contributed by atoms with Crippen molar-refractivity contribution >= 4 is 17.8 Å². The first-order valence-corrected chi connectivity index (χ1v) is 6.54. The Hall–Kier alpha value is -1.63. The predicted octanol–water partition coefficient (Wildman–Crippen LogP) is 0.383. The van der Waals surface area contributed by atoms with Gasteiger partial charge in [-0.25, -0.2) is 0 Å². The van der Waals surface area contributed by atoms with E-state index in [0.29, 0.717) is 17.8 Å². The van der Waals surface area contributed by atoms with Crippen LogP contribution in [0.1, 0.15) is 12.8 Å². The van der Waals surface area contributed by atoms with Gasteiger partial charge in [0.1, 0.15) is 0 Å². The van der Waals surface area contributed by atoms with Crippen molar-refractivity contribution in [1.29, 1.82) is 0 Å². The van der Waals surface area contributed by atoms with Gasteiger partial charge in [-0.15, -0.1) is 0 Å². The third kappa shape index (κ3) is 3.66. The van der Waals surface area contributed by atoms with Gasteiger partial charge >= 0.3 is 0 Å². The second-order valence-electron chi connectivity index (χ2n) is 5.12. The van der Waals surface area contributed by atoms with Gasteiger partial charge in [-0.05, 0) is 18.8 Å². The van der Waals surface area contributed by atoms with Crippen LogP contribution >= 0.6 is 0 Å². The second-order valence-corrected chi connectivity index (χ2v) is 5.12. The van der Waals surface area contributed by atoms with E-state index < -0.39 is 0 Å². The highest BCUT2D eigenvalue weighted by molar-refractivity contribution is 5.42. The largest absolute Gasteiger partial charge is 0.381 e. The molecule has 1 saturated heterocycles. The first-order chi connectivity index (χ1) is 9.06. The van der Waals surface area contributed by atoms with Gasteiger partial charge in [-0.3, -0.25) is 0 Å². The molecule has 0 aromatic carbocycles. The van der Waals surface area contributed by atoms with E-state index >= 15 is 0 Å². The predicted molar refractivity (Wildman–Crippen MR) is 75.4 cm³/mol. The van der Waals surface area contributed by atoms with Gasteiger partial charge in [0.05, 0.1) is 0 Å². The number of nitrogens with two attached hydrogens (primary N) is 1. The quantitative estimate of drug-likeness (QED) is 0.844. The van der Waals surface area contributed by atoms with Gasteiger partial charge < -0.3 is 20.3 Å². The van der Waals surface area contributed by atoms with E-state index in [9.17, 15) is 0 Å². The lowest BCUT2D eigenvalue weighted by Gasteiger charge is -2.27. The molecule has 1 fully saturated rings. The lowest BCUT2D eigenvalue weighted by Crippen LogP contribution is -2.31. The van der Waals surface area contributed by atoms with Crippen molar-refractivity contribution in [2.24, 2.45) is 5.92 Å². The summed E-state index contributed by atoms with van der Waals surface area (Å²) >= 11 is 0. The van der Waals surface area contributed by atoms with Gasteiger partial charge in [0.2, 0.25) is 17.8 Å². The minimum atomic E-state index is 0.257. The summed E-state index contributed by atoms with van der Waals surface area (Å²) in [4.78, 5) is 16.6. The average Bonchev–Trinajstić information content (AvgIpc) is 2.39. The molecule has 2 rings (SSSR count). The molecule has 1 aromatic rings. The molecule has 0 atom stereocenters. The second kappa shape index (κ2) is 6.01. The van der Waals surface area contributed by atoms with Crippen LogP contribution in [0.3, 0.4) is 0 Å². The summed E-state index contributed by atoms with van der Waals surface area (Å²) in [6, 6.07) is 0. The van der Waals surface area contributed by atoms with Crippen LogP contribution in [-0.4, -0.2) is 55.9 Å². The maximum atomic E-state index is 5.73. The Morgan fingerprint density at radius 2 is 1.74 bits per heavy atom. The molecule has 0 bridgehead atoms. The summed E-state index contributed by atoms with van der Waals surface area (Å²) < 4.78 is 5.37. The smallest absolute Gasteiger partial charge is 0.231 e. The van der Waals surface area contributed by atoms with E-state index in [1.54, 1.807) is 0 Å². The normalized spacial score (nSPS) is 16.4. The van der Waals surface area contributed by atoms with E-state index in [1.165, 1.54) is 0 Å². The molecular weight excluding hydrogens is 244 g/mol. The fraction of sp³-hybridized carbons (Fsp3) is 0.750. The van der Waals surface area contributed by atoms with Crippen LogP contribution in [0, 0.1) is 5.92 Å². The molecule has 7 heteroatoms. The molecule has 0 radical (unpaired) electrons. The number of ether oxygens (including phenoxy) is 1. The zero-order valence-electron chi connectivity index (χ0n) is 11.8. The van der Waals surface area contributed by atoms with Crippen molar-refractivity contribution in [1.82, 2.24) is 15.0 Å². The lowest BCUT2D eigenvalue weighted by molar-refractivity contribution is 0.0684. The molecule has 0 unspecified atom stereocenters. The van der Waals surface area contributed by atoms with E-state index in [-0.39, 0.29) is 5.95 Å². The molecule has 19 heavy (non-hydrogen) atoms. The molecule has 0 amide bonds. The average molecular weight is 266 g/mol. The van der Waals surface area contributed by atoms with Crippen LogP contribution in [0.15, 0.2) is 0 Å². The third-order valence-electron chi connectivity index (χ3n) is 3.24. The summed E-state index contributed by atoms with van der Waals surface area (Å²) in [5.41, 5.74) is 5.73. The van der Waals surface area contributed by atoms with E-state index in [1.807, 2.05) is 30.9 Å². The molecule has 2 N–H and O–H groups in total. The maximum Gasteiger partial charge on any atom is 0.231 e. The Balaban J connectivity index is 2.07. The first kappa shape index (κ1) is 13.8. The number of rotatable bonds is 4. The van der Waals surface area contributed by atoms with Crippen molar-refractivity contribution in [3.05, 3.63) is 0 Å². The topological polar surface area (TPSA) is 80.4 Å². The molecule has 106 valence electrons. The highest BCUT2D eigenvalue weighted by Crippen LogP contribution is 2.19. The van der Waals surface area contributed by atoms with Crippen LogP contribution in [0.5, 0.6) is 0 Å². The van der Waals surface area contributed by atoms with Crippen LogP contribution in [0.4, 0.5) is 17.8 Å². The zero-order valence-corrected chi connectivity index (χ0v) is 11.8. The summed E-state index contributed by atoms with van der Waals surface area (Å²) in [5, 5.41) is 0. The Labute approximate surface area is 113 Å². The summed E-state index contributed by atoms with van der Waals surface area (Å²) in [7, 11) is 5.76. The Morgan fingerprint density at radius 3 is 2.37 bits per heavy atom. The molecule has 1 aliphatic heterocycles. The molecule has 1 aliphatic rings. The number of hydrogen-bond donors (Lipinski definition) is 1. The highest BCUT2D eigenvalue weighted by Gasteiger charge is 2.18. The number of nitrogen functional groups attached to an aromatic ring is 1. The van der Waals surface area contributed by atoms with Gasteiger partial charge in [-0.2, -0.15) is 15.0 Å². The minimum absolute atomic E-state index is 0.257. The van der Waals surface area contributed by atoms with Crippen molar-refractivity contribution in [3.63, 3.8) is 0 Å². The fourth-order valence-electron chi connectivity index (χ4n) is 2.14. The third-order valence-corrected chi connectivity index (χ3v) is 3.24. The van der Waals surface area contributed by atoms with E-state index in [4.69, 9.17) is 10.5 Å². The number of aromatic nitrogens is 3. The van der Waals surface area contributed by atoms with Crippen molar-refractivity contribution in [3.8, 4) is 0 Å². The molecule has 0 saturated carbocycles.